The molecule has 0 saturated carbocycles. The zero-order chi connectivity index (χ0) is 105. The van der Waals surface area contributed by atoms with Crippen molar-refractivity contribution in [3.05, 3.63) is 177 Å². The Bertz CT molecular complexity index is 5430. The Morgan fingerprint density at radius 2 is 0.479 bits per heavy atom. The van der Waals surface area contributed by atoms with E-state index in [1.165, 1.54) is 510 Å². The van der Waals surface area contributed by atoms with E-state index in [9.17, 15) is 0 Å². The fourth-order valence-corrected chi connectivity index (χ4v) is 183. The van der Waals surface area contributed by atoms with Gasteiger partial charge >= 0.3 is 138 Å². The molecule has 8 atom stereocenters. The molecule has 8 aromatic heterocycles. The molecule has 0 nitrogen and oxygen atoms in total. The summed E-state index contributed by atoms with van der Waals surface area (Å²) >= 11 is 27.2. The van der Waals surface area contributed by atoms with E-state index in [1.54, 1.807) is 14.0 Å². The second kappa shape index (κ2) is 77.9. The fraction of sp³-hybridized carbons (Fsp3) is 0.583. The molecule has 0 aliphatic carbocycles. The molecule has 0 aliphatic rings. The molecular formula is C120H187Br2ClP14S8Sn. The molecule has 8 heterocycles. The van der Waals surface area contributed by atoms with Crippen LogP contribution in [0.3, 0.4) is 0 Å². The Morgan fingerprint density at radius 3 is 0.740 bits per heavy atom. The summed E-state index contributed by atoms with van der Waals surface area (Å²) in [6.07, 6.45) is 84.5. The number of aryl methyl sites for hydroxylation is 7. The number of halogens is 3. The van der Waals surface area contributed by atoms with Gasteiger partial charge in [0.15, 0.2) is 0 Å². The van der Waals surface area contributed by atoms with E-state index >= 15 is 0 Å². The van der Waals surface area contributed by atoms with Crippen molar-refractivity contribution in [3.8, 4) is 29.3 Å². The van der Waals surface area contributed by atoms with Crippen molar-refractivity contribution in [1.29, 1.82) is 0 Å². The summed E-state index contributed by atoms with van der Waals surface area (Å²) < 4.78 is 10.1. The molecule has 0 bridgehead atoms. The van der Waals surface area contributed by atoms with Gasteiger partial charge in [0.05, 0.1) is 7.57 Å². The zero-order valence-corrected chi connectivity index (χ0v) is 119. The largest absolute Gasteiger partial charge is 0.102 e. The number of hydrogen-bond acceptors (Lipinski definition) is 8. The quantitative estimate of drug-likeness (QED) is 0.0202. The average molecular weight is 2630 g/mol. The van der Waals surface area contributed by atoms with Crippen LogP contribution >= 0.6 is 248 Å². The van der Waals surface area contributed by atoms with Crippen molar-refractivity contribution >= 4 is 331 Å². The van der Waals surface area contributed by atoms with Gasteiger partial charge in [-0.1, -0.05) is 404 Å². The van der Waals surface area contributed by atoms with Gasteiger partial charge in [0, 0.05) is 64.2 Å². The van der Waals surface area contributed by atoms with E-state index in [-0.39, 0.29) is 41.9 Å². The van der Waals surface area contributed by atoms with Crippen LogP contribution in [-0.2, 0) is 25.7 Å². The van der Waals surface area contributed by atoms with E-state index in [0.29, 0.717) is 0 Å². The van der Waals surface area contributed by atoms with Gasteiger partial charge < -0.3 is 0 Å². The van der Waals surface area contributed by atoms with Crippen molar-refractivity contribution < 1.29 is 0 Å². The maximum Gasteiger partial charge on any atom is 0.0405 e. The Labute approximate surface area is 973 Å². The topological polar surface area (TPSA) is 0 Å². The van der Waals surface area contributed by atoms with Crippen LogP contribution in [0.25, 0.3) is 91.2 Å². The molecule has 5 aromatic carbocycles. The second-order valence-electron chi connectivity index (χ2n) is 42.0. The Balaban J connectivity index is 0.000000237. The minimum absolute atomic E-state index is 0.0856. The number of thiophene rings is 8. The summed E-state index contributed by atoms with van der Waals surface area (Å²) in [4.78, 5) is 20.7. The zero-order valence-electron chi connectivity index (χ0n) is 91.3. The minimum atomic E-state index is -1.98. The summed E-state index contributed by atoms with van der Waals surface area (Å²) in [6, 6.07) is 48.2. The number of benzene rings is 5. The van der Waals surface area contributed by atoms with Crippen molar-refractivity contribution in [1.82, 2.24) is 0 Å². The Kier molecular flexibility index (Phi) is 70.8. The predicted octanol–water partition coefficient (Wildman–Crippen LogP) is 54.7. The van der Waals surface area contributed by atoms with Gasteiger partial charge in [-0.3, -0.25) is 0 Å². The third kappa shape index (κ3) is 49.2. The van der Waals surface area contributed by atoms with Crippen LogP contribution in [0.2, 0.25) is 19.8 Å². The number of fused-ring (bicyclic) bond motifs is 10. The molecule has 146 heavy (non-hydrogen) atoms. The molecule has 810 valence electrons. The van der Waals surface area contributed by atoms with Crippen LogP contribution in [0.1, 0.15) is 424 Å². The van der Waals surface area contributed by atoms with Crippen LogP contribution in [-0.4, -0.2) is 18.4 Å². The SMILES string of the molecule is CCCCCCCCCCCCCCCCc1cc(-c2cc(CCCCCCCCCCCCCCCC)c(Br)s2)sc1Br.CCCCCCCCCCCCCCCCc1cc(C)sc1-c1cc2c(ccc3c4cc(-c5sc(C)cc5CCCCCCCCCCCCCCCC)sc4ccc23)s1.Cc1cc2c(ccc3c4c[c]([Sn]([CH3])([CH3])[CH3])sc4ccc23)s1.Clc1ccccc1.PP(P)P(P(P)P)P(P(P)P)P(P)P. The first-order chi connectivity index (χ1) is 70.8. The normalized spacial score (nSPS) is 12.0. The van der Waals surface area contributed by atoms with Crippen molar-refractivity contribution in [2.75, 3.05) is 0 Å². The van der Waals surface area contributed by atoms with E-state index in [1.807, 2.05) is 121 Å². The van der Waals surface area contributed by atoms with E-state index in [2.05, 4.69) is 264 Å². The van der Waals surface area contributed by atoms with Crippen LogP contribution in [0.15, 0.2) is 135 Å². The van der Waals surface area contributed by atoms with Crippen LogP contribution in [0, 0.1) is 20.8 Å². The molecule has 26 heteroatoms. The molecule has 0 radical (unpaired) electrons. The smallest absolute Gasteiger partial charge is 0.0405 e. The van der Waals surface area contributed by atoms with Crippen molar-refractivity contribution in [2.24, 2.45) is 0 Å². The molecule has 0 fully saturated rings. The monoisotopic (exact) mass is 2630 g/mol. The standard InChI is InChI=1S/C56H80S4.C40H68Br2S2.C15H9S2.C6H5Cl.3CH3.H16P14.Sn/c1-5-7-9-11-13-15-17-19-21-23-25-27-29-31-33-45-39-43(3)57-55(45)53-41-49-47-36-38-52-50(48(47)35-37-51(49)59-53)42-54(60-52)56-46(40-44(4)58-56)34-32-30-28-26-24-22-20-18-16-14-12-10-8-6-2;1-3-5-7-9-11-13-15-17-19-21-23-25-27-29-31-35-33-37(43-39(35)41)38-34-36(40(42)44-38)32-30-28-26-24-22-20-18-16-14-12-10-8-6-4-2;1-9-8-13-11-2-4-14-12(6-7-16-14)10(11)3-5-15(13)17-9;7-6-4-2-1-3-5-6;;;;1-9(2)13(10(3)4)14(11(5)6)12(7)8;/h35-42H,5-34H2,1-4H3;33-34H,3-32H2,1-2H3;2-6,8H,1H3;1-5H;3*1H3;1-8H2;. The molecular weight excluding hydrogens is 2450 g/mol. The number of rotatable bonds is 69. The van der Waals surface area contributed by atoms with Gasteiger partial charge in [-0.25, -0.2) is 0 Å². The molecule has 0 N–H and O–H groups in total. The van der Waals surface area contributed by atoms with Gasteiger partial charge in [0.2, 0.25) is 0 Å². The van der Waals surface area contributed by atoms with Crippen LogP contribution in [0.4, 0.5) is 0 Å². The maximum atomic E-state index is 5.54. The average Bonchev–Trinajstić information content (AvgIpc) is 1.60. The maximum absolute atomic E-state index is 5.54. The Morgan fingerprint density at radius 1 is 0.240 bits per heavy atom. The first kappa shape index (κ1) is 133. The minimum Gasteiger partial charge on any atom is -0.102 e. The number of unbranched alkanes of at least 4 members (excludes halogenated alkanes) is 52. The molecule has 0 saturated heterocycles. The van der Waals surface area contributed by atoms with E-state index in [0.717, 1.165) is 5.02 Å². The molecule has 13 aromatic rings. The van der Waals surface area contributed by atoms with E-state index < -0.39 is 18.4 Å². The molecule has 0 spiro atoms. The molecule has 8 unspecified atom stereocenters. The third-order valence-electron chi connectivity index (χ3n) is 28.2. The second-order valence-corrected chi connectivity index (χ2v) is 123. The van der Waals surface area contributed by atoms with Crippen molar-refractivity contribution in [3.63, 3.8) is 0 Å². The van der Waals surface area contributed by atoms with Gasteiger partial charge in [-0.15, -0.1) is 139 Å². The number of hydrogen-bond donors (Lipinski definition) is 0. The molecule has 13 rings (SSSR count). The molecule has 0 amide bonds. The first-order valence-electron chi connectivity index (χ1n) is 56.8. The van der Waals surface area contributed by atoms with E-state index in [4.69, 9.17) is 11.6 Å². The fourth-order valence-electron chi connectivity index (χ4n) is 20.0. The Hall–Kier alpha value is 3.33. The summed E-state index contributed by atoms with van der Waals surface area (Å²) in [5, 5.41) is 12.2. The molecule has 0 aliphatic heterocycles. The first-order valence-corrected chi connectivity index (χ1v) is 99.8. The van der Waals surface area contributed by atoms with Crippen LogP contribution < -0.4 is 2.89 Å². The summed E-state index contributed by atoms with van der Waals surface area (Å²) in [5.74, 6) is 0. The van der Waals surface area contributed by atoms with Gasteiger partial charge in [-0.05, 0) is 233 Å². The summed E-state index contributed by atoms with van der Waals surface area (Å²) in [6.45, 7) is 16.8. The van der Waals surface area contributed by atoms with Gasteiger partial charge in [-0.2, -0.15) is 0 Å². The van der Waals surface area contributed by atoms with Gasteiger partial charge in [0.25, 0.3) is 0 Å². The van der Waals surface area contributed by atoms with Gasteiger partial charge in [0.1, 0.15) is 0 Å². The predicted molar refractivity (Wildman–Crippen MR) is 743 cm³/mol. The summed E-state index contributed by atoms with van der Waals surface area (Å²) in [7, 11) is 24.4. The summed E-state index contributed by atoms with van der Waals surface area (Å²) in [5.41, 5.74) is 6.19. The van der Waals surface area contributed by atoms with Crippen molar-refractivity contribution in [2.45, 2.75) is 449 Å². The van der Waals surface area contributed by atoms with Crippen LogP contribution in [0.5, 0.6) is 0 Å². The third-order valence-corrected chi connectivity index (χ3v) is 128.